The van der Waals surface area contributed by atoms with Crippen molar-refractivity contribution >= 4 is 23.5 Å². The first-order chi connectivity index (χ1) is 12.4. The molecular formula is C17H22N4O5. The number of nitrogens with one attached hydrogen (secondary N) is 2. The first-order valence-electron chi connectivity index (χ1n) is 8.40. The molecule has 1 unspecified atom stereocenters. The van der Waals surface area contributed by atoms with Gasteiger partial charge in [0.1, 0.15) is 0 Å². The molecule has 1 fully saturated rings. The molecule has 0 aromatic heterocycles. The van der Waals surface area contributed by atoms with Crippen LogP contribution in [0.2, 0.25) is 0 Å². The molecule has 9 heteroatoms. The van der Waals surface area contributed by atoms with Gasteiger partial charge in [-0.05, 0) is 31.5 Å². The molecular weight excluding hydrogens is 340 g/mol. The number of carbonyl (C=O) groups is 3. The summed E-state index contributed by atoms with van der Waals surface area (Å²) in [7, 11) is 3.38. The summed E-state index contributed by atoms with van der Waals surface area (Å²) in [5, 5.41) is 4.86. The molecule has 2 heterocycles. The summed E-state index contributed by atoms with van der Waals surface area (Å²) in [4.78, 5) is 39.6. The van der Waals surface area contributed by atoms with Crippen LogP contribution in [0.4, 0.5) is 10.5 Å². The van der Waals surface area contributed by atoms with Crippen molar-refractivity contribution in [2.75, 3.05) is 39.3 Å². The quantitative estimate of drug-likeness (QED) is 0.814. The number of anilines is 1. The maximum Gasteiger partial charge on any atom is 0.325 e. The van der Waals surface area contributed by atoms with Crippen LogP contribution in [0.15, 0.2) is 18.2 Å². The van der Waals surface area contributed by atoms with E-state index in [9.17, 15) is 14.4 Å². The topological polar surface area (TPSA) is 100 Å². The molecule has 2 aliphatic heterocycles. The second kappa shape index (κ2) is 7.61. The Morgan fingerprint density at radius 3 is 2.77 bits per heavy atom. The van der Waals surface area contributed by atoms with E-state index in [1.54, 1.807) is 37.2 Å². The number of urea groups is 1. The molecule has 2 N–H and O–H groups in total. The van der Waals surface area contributed by atoms with E-state index in [0.29, 0.717) is 30.2 Å². The van der Waals surface area contributed by atoms with Crippen molar-refractivity contribution in [2.24, 2.45) is 0 Å². The fourth-order valence-electron chi connectivity index (χ4n) is 3.08. The van der Waals surface area contributed by atoms with E-state index in [4.69, 9.17) is 9.47 Å². The van der Waals surface area contributed by atoms with Crippen molar-refractivity contribution in [1.29, 1.82) is 0 Å². The molecule has 0 bridgehead atoms. The van der Waals surface area contributed by atoms with Crippen molar-refractivity contribution in [3.63, 3.8) is 0 Å². The van der Waals surface area contributed by atoms with E-state index < -0.39 is 11.9 Å². The van der Waals surface area contributed by atoms with Gasteiger partial charge >= 0.3 is 6.03 Å². The Morgan fingerprint density at radius 1 is 1.23 bits per heavy atom. The molecule has 140 valence electrons. The maximum absolute atomic E-state index is 12.1. The van der Waals surface area contributed by atoms with Crippen LogP contribution in [-0.4, -0.2) is 67.7 Å². The van der Waals surface area contributed by atoms with Crippen molar-refractivity contribution in [3.8, 4) is 11.5 Å². The molecule has 0 saturated carbocycles. The second-order valence-electron chi connectivity index (χ2n) is 6.43. The number of hydrogen-bond donors (Lipinski definition) is 2. The molecule has 9 nitrogen and oxygen atoms in total. The monoisotopic (exact) mass is 362 g/mol. The summed E-state index contributed by atoms with van der Waals surface area (Å²) in [6, 6.07) is 4.01. The molecule has 1 atom stereocenters. The van der Waals surface area contributed by atoms with Gasteiger partial charge in [-0.25, -0.2) is 4.79 Å². The zero-order chi connectivity index (χ0) is 18.7. The molecule has 0 radical (unpaired) electrons. The molecule has 1 aromatic carbocycles. The van der Waals surface area contributed by atoms with Gasteiger partial charge in [0.2, 0.25) is 18.6 Å². The van der Waals surface area contributed by atoms with Crippen molar-refractivity contribution < 1.29 is 23.9 Å². The van der Waals surface area contributed by atoms with Gasteiger partial charge in [-0.3, -0.25) is 19.8 Å². The van der Waals surface area contributed by atoms with Crippen molar-refractivity contribution in [1.82, 2.24) is 15.1 Å². The van der Waals surface area contributed by atoms with Gasteiger partial charge in [-0.2, -0.15) is 0 Å². The number of imide groups is 1. The first-order valence-corrected chi connectivity index (χ1v) is 8.40. The summed E-state index contributed by atoms with van der Waals surface area (Å²) in [6.45, 7) is 0.798. The minimum Gasteiger partial charge on any atom is -0.454 e. The number of hydrogen-bond acceptors (Lipinski definition) is 6. The third-order valence-corrected chi connectivity index (χ3v) is 4.32. The number of ether oxygens (including phenoxy) is 2. The number of nitrogens with zero attached hydrogens (tertiary/aromatic N) is 2. The Kier molecular flexibility index (Phi) is 5.27. The number of likely N-dealkylation sites (tertiary alicyclic amines) is 1. The second-order valence-corrected chi connectivity index (χ2v) is 6.43. The van der Waals surface area contributed by atoms with E-state index >= 15 is 0 Å². The molecule has 0 spiro atoms. The third-order valence-electron chi connectivity index (χ3n) is 4.32. The molecule has 4 amide bonds. The summed E-state index contributed by atoms with van der Waals surface area (Å²) in [5.41, 5.74) is 0.487. The largest absolute Gasteiger partial charge is 0.454 e. The Morgan fingerprint density at radius 2 is 2.00 bits per heavy atom. The lowest BCUT2D eigenvalue weighted by molar-refractivity contribution is -0.134. The van der Waals surface area contributed by atoms with Gasteiger partial charge in [0, 0.05) is 25.8 Å². The van der Waals surface area contributed by atoms with E-state index in [-0.39, 0.29) is 25.3 Å². The minimum atomic E-state index is -0.636. The van der Waals surface area contributed by atoms with Crippen molar-refractivity contribution in [3.05, 3.63) is 18.2 Å². The van der Waals surface area contributed by atoms with Crippen LogP contribution < -0.4 is 20.1 Å². The third kappa shape index (κ3) is 4.05. The summed E-state index contributed by atoms with van der Waals surface area (Å²) in [5.74, 6) is 0.663. The minimum absolute atomic E-state index is 0.00118. The fraction of sp³-hybridized carbons (Fsp3) is 0.471. The Bertz CT molecular complexity index is 721. The summed E-state index contributed by atoms with van der Waals surface area (Å²) >= 11 is 0. The van der Waals surface area contributed by atoms with Gasteiger partial charge in [-0.1, -0.05) is 0 Å². The van der Waals surface area contributed by atoms with Crippen LogP contribution in [0, 0.1) is 0 Å². The predicted octanol–water partition coefficient (Wildman–Crippen LogP) is 0.616. The van der Waals surface area contributed by atoms with Gasteiger partial charge in [0.15, 0.2) is 11.5 Å². The Labute approximate surface area is 151 Å². The van der Waals surface area contributed by atoms with Crippen molar-refractivity contribution in [2.45, 2.75) is 18.9 Å². The number of amides is 4. The lowest BCUT2D eigenvalue weighted by atomic mass is 10.2. The highest BCUT2D eigenvalue weighted by Crippen LogP contribution is 2.34. The first kappa shape index (κ1) is 18.0. The SMILES string of the molecule is CN(C)C(=O)C1CCCN1CC(=O)NC(=O)Nc1ccc2c(c1)OCO2. The molecule has 3 rings (SSSR count). The van der Waals surface area contributed by atoms with Crippen LogP contribution in [0.3, 0.4) is 0 Å². The van der Waals surface area contributed by atoms with E-state index in [0.717, 1.165) is 6.42 Å². The standard InChI is InChI=1S/C17H22N4O5/c1-20(2)16(23)12-4-3-7-21(12)9-15(22)19-17(24)18-11-5-6-13-14(8-11)26-10-25-13/h5-6,8,12H,3-4,7,9-10H2,1-2H3,(H2,18,19,22,24). The molecule has 1 saturated heterocycles. The zero-order valence-electron chi connectivity index (χ0n) is 14.8. The number of rotatable bonds is 4. The number of benzene rings is 1. The molecule has 1 aromatic rings. The van der Waals surface area contributed by atoms with E-state index in [2.05, 4.69) is 10.6 Å². The smallest absolute Gasteiger partial charge is 0.325 e. The Balaban J connectivity index is 1.51. The molecule has 2 aliphatic rings. The van der Waals surface area contributed by atoms with E-state index in [1.807, 2.05) is 0 Å². The number of fused-ring (bicyclic) bond motifs is 1. The highest BCUT2D eigenvalue weighted by Gasteiger charge is 2.33. The lowest BCUT2D eigenvalue weighted by Crippen LogP contribution is -2.48. The summed E-state index contributed by atoms with van der Waals surface area (Å²) < 4.78 is 10.4. The highest BCUT2D eigenvalue weighted by molar-refractivity contribution is 6.02. The molecule has 26 heavy (non-hydrogen) atoms. The average Bonchev–Trinajstić information content (AvgIpc) is 3.22. The Hall–Kier alpha value is -2.81. The maximum atomic E-state index is 12.1. The van der Waals surface area contributed by atoms with Crippen LogP contribution in [0.25, 0.3) is 0 Å². The van der Waals surface area contributed by atoms with Gasteiger partial charge < -0.3 is 19.7 Å². The van der Waals surface area contributed by atoms with Crippen LogP contribution in [0.5, 0.6) is 11.5 Å². The number of carbonyl (C=O) groups excluding carboxylic acids is 3. The summed E-state index contributed by atoms with van der Waals surface area (Å²) in [6.07, 6.45) is 1.56. The molecule has 0 aliphatic carbocycles. The van der Waals surface area contributed by atoms with Crippen LogP contribution in [-0.2, 0) is 9.59 Å². The fourth-order valence-corrected chi connectivity index (χ4v) is 3.08. The van der Waals surface area contributed by atoms with Crippen LogP contribution in [0.1, 0.15) is 12.8 Å². The normalized spacial score (nSPS) is 18.5. The number of likely N-dealkylation sites (N-methyl/N-ethyl adjacent to an activating group) is 1. The predicted molar refractivity (Wildman–Crippen MR) is 93.0 cm³/mol. The average molecular weight is 362 g/mol. The van der Waals surface area contributed by atoms with Gasteiger partial charge in [-0.15, -0.1) is 0 Å². The zero-order valence-corrected chi connectivity index (χ0v) is 14.8. The van der Waals surface area contributed by atoms with Gasteiger partial charge in [0.25, 0.3) is 0 Å². The van der Waals surface area contributed by atoms with Crippen LogP contribution >= 0.6 is 0 Å². The lowest BCUT2D eigenvalue weighted by Gasteiger charge is -2.25. The van der Waals surface area contributed by atoms with Gasteiger partial charge in [0.05, 0.1) is 12.6 Å². The van der Waals surface area contributed by atoms with E-state index in [1.165, 1.54) is 4.90 Å². The highest BCUT2D eigenvalue weighted by atomic mass is 16.7.